The highest BCUT2D eigenvalue weighted by Gasteiger charge is 2.49. The Morgan fingerprint density at radius 1 is 1.03 bits per heavy atom. The lowest BCUT2D eigenvalue weighted by molar-refractivity contribution is -0.246. The predicted molar refractivity (Wildman–Crippen MR) is 115 cm³/mol. The molecule has 0 radical (unpaired) electrons. The molecule has 1 saturated heterocycles. The quantitative estimate of drug-likeness (QED) is 0.613. The molecule has 1 amide bonds. The van der Waals surface area contributed by atoms with Gasteiger partial charge in [-0.3, -0.25) is 4.79 Å². The van der Waals surface area contributed by atoms with Crippen molar-refractivity contribution in [3.8, 4) is 22.6 Å². The summed E-state index contributed by atoms with van der Waals surface area (Å²) in [6, 6.07) is 10.3. The van der Waals surface area contributed by atoms with Gasteiger partial charge in [0.1, 0.15) is 36.2 Å². The topological polar surface area (TPSA) is 69.7 Å². The molecule has 2 aliphatic heterocycles. The van der Waals surface area contributed by atoms with Crippen LogP contribution in [0, 0.1) is 18.6 Å². The minimum atomic E-state index is -0.935. The third kappa shape index (κ3) is 3.89. The van der Waals surface area contributed by atoms with E-state index in [9.17, 15) is 13.6 Å². The third-order valence-corrected chi connectivity index (χ3v) is 5.03. The lowest BCUT2D eigenvalue weighted by atomic mass is 10.0. The van der Waals surface area contributed by atoms with E-state index in [1.165, 1.54) is 6.07 Å². The summed E-state index contributed by atoms with van der Waals surface area (Å²) in [7, 11) is 0. The van der Waals surface area contributed by atoms with Crippen LogP contribution in [0.5, 0.6) is 11.5 Å². The first-order valence-corrected chi connectivity index (χ1v) is 10.3. The molecule has 2 aromatic carbocycles. The van der Waals surface area contributed by atoms with Gasteiger partial charge in [0.25, 0.3) is 11.7 Å². The molecule has 0 aliphatic carbocycles. The van der Waals surface area contributed by atoms with Crippen LogP contribution in [0.25, 0.3) is 11.1 Å². The number of nitrogens with one attached hydrogen (secondary N) is 1. The number of anilines is 1. The van der Waals surface area contributed by atoms with E-state index in [1.54, 1.807) is 18.3 Å². The molecule has 0 bridgehead atoms. The van der Waals surface area contributed by atoms with Crippen molar-refractivity contribution < 1.29 is 27.8 Å². The van der Waals surface area contributed by atoms with Crippen molar-refractivity contribution >= 4 is 11.7 Å². The summed E-state index contributed by atoms with van der Waals surface area (Å²) in [4.78, 5) is 16.4. The zero-order chi connectivity index (χ0) is 22.9. The molecule has 0 unspecified atom stereocenters. The number of hydrogen-bond donors (Lipinski definition) is 1. The summed E-state index contributed by atoms with van der Waals surface area (Å²) in [5, 5.41) is 2.41. The van der Waals surface area contributed by atoms with Crippen molar-refractivity contribution in [2.24, 2.45) is 0 Å². The fraction of sp³-hybridized carbons (Fsp3) is 0.250. The summed E-state index contributed by atoms with van der Waals surface area (Å²) in [6.07, 6.45) is 1.57. The first-order valence-electron chi connectivity index (χ1n) is 10.3. The van der Waals surface area contributed by atoms with Gasteiger partial charge < -0.3 is 19.5 Å². The van der Waals surface area contributed by atoms with Crippen molar-refractivity contribution in [2.45, 2.75) is 26.6 Å². The maximum Gasteiger partial charge on any atom is 0.298 e. The van der Waals surface area contributed by atoms with Crippen molar-refractivity contribution in [2.75, 3.05) is 18.5 Å². The lowest BCUT2D eigenvalue weighted by Crippen LogP contribution is -2.56. The van der Waals surface area contributed by atoms with Gasteiger partial charge in [-0.1, -0.05) is 19.9 Å². The van der Waals surface area contributed by atoms with Gasteiger partial charge in [-0.05, 0) is 54.4 Å². The van der Waals surface area contributed by atoms with Crippen LogP contribution in [-0.4, -0.2) is 29.9 Å². The van der Waals surface area contributed by atoms with E-state index in [0.29, 0.717) is 24.7 Å². The Morgan fingerprint density at radius 3 is 2.25 bits per heavy atom. The van der Waals surface area contributed by atoms with E-state index in [2.05, 4.69) is 10.3 Å². The van der Waals surface area contributed by atoms with Crippen LogP contribution < -0.4 is 14.8 Å². The van der Waals surface area contributed by atoms with Crippen molar-refractivity contribution in [1.29, 1.82) is 0 Å². The maximum atomic E-state index is 13.8. The monoisotopic (exact) mass is 440 g/mol. The highest BCUT2D eigenvalue weighted by molar-refractivity contribution is 6.04. The van der Waals surface area contributed by atoms with Gasteiger partial charge in [-0.2, -0.15) is 0 Å². The van der Waals surface area contributed by atoms with Crippen LogP contribution in [0.2, 0.25) is 0 Å². The van der Waals surface area contributed by atoms with Gasteiger partial charge >= 0.3 is 0 Å². The minimum absolute atomic E-state index is 0.176. The summed E-state index contributed by atoms with van der Waals surface area (Å²) >= 11 is 0. The van der Waals surface area contributed by atoms with Gasteiger partial charge in [0, 0.05) is 11.8 Å². The van der Waals surface area contributed by atoms with Crippen LogP contribution in [-0.2, 0) is 4.74 Å². The Labute approximate surface area is 184 Å². The number of aryl methyl sites for hydroxylation is 1. The van der Waals surface area contributed by atoms with Gasteiger partial charge in [0.15, 0.2) is 11.5 Å². The molecule has 2 aliphatic rings. The Hall–Kier alpha value is -3.52. The number of nitrogens with zero attached hydrogens (tertiary/aromatic N) is 1. The number of amides is 1. The molecule has 8 heteroatoms. The Morgan fingerprint density at radius 2 is 1.69 bits per heavy atom. The smallest absolute Gasteiger partial charge is 0.298 e. The number of benzene rings is 2. The highest BCUT2D eigenvalue weighted by atomic mass is 19.1. The summed E-state index contributed by atoms with van der Waals surface area (Å²) in [5.74, 6) is -2.02. The standard InChI is InChI=1S/C22H16F2N2O4.C2H6/c1-12-7-17-18(30-22(29-17)10-28-11-22)8-14(12)13-5-6-19(25-9-13)26-21(27)20-15(23)3-2-4-16(20)24;1-2/h2-9H,10-11H2,1H3,(H,25,26,27);1-2H3. The van der Waals surface area contributed by atoms with Crippen LogP contribution in [0.1, 0.15) is 29.8 Å². The maximum absolute atomic E-state index is 13.8. The molecule has 0 atom stereocenters. The van der Waals surface area contributed by atoms with Crippen molar-refractivity contribution in [3.63, 3.8) is 0 Å². The molecule has 3 heterocycles. The van der Waals surface area contributed by atoms with Gasteiger partial charge in [0.05, 0.1) is 0 Å². The molecule has 1 aromatic heterocycles. The van der Waals surface area contributed by atoms with Crippen LogP contribution >= 0.6 is 0 Å². The zero-order valence-corrected chi connectivity index (χ0v) is 17.9. The fourth-order valence-electron chi connectivity index (χ4n) is 3.46. The number of pyridine rings is 1. The minimum Gasteiger partial charge on any atom is -0.444 e. The molecule has 1 N–H and O–H groups in total. The van der Waals surface area contributed by atoms with E-state index in [1.807, 2.05) is 32.9 Å². The second kappa shape index (κ2) is 8.55. The third-order valence-electron chi connectivity index (χ3n) is 5.03. The summed E-state index contributed by atoms with van der Waals surface area (Å²) in [5.41, 5.74) is 1.99. The molecule has 1 spiro atoms. The SMILES string of the molecule is CC.Cc1cc2c(cc1-c1ccc(NC(=O)c3c(F)cccc3F)nc1)OC1(COC1)O2. The molecular weight excluding hydrogens is 418 g/mol. The van der Waals surface area contributed by atoms with Crippen LogP contribution in [0.15, 0.2) is 48.7 Å². The zero-order valence-electron chi connectivity index (χ0n) is 17.9. The number of aromatic nitrogens is 1. The highest BCUT2D eigenvalue weighted by Crippen LogP contribution is 2.45. The average molecular weight is 440 g/mol. The Bertz CT molecular complexity index is 1140. The van der Waals surface area contributed by atoms with E-state index in [4.69, 9.17) is 14.2 Å². The first-order chi connectivity index (χ1) is 15.4. The summed E-state index contributed by atoms with van der Waals surface area (Å²) < 4.78 is 44.5. The van der Waals surface area contributed by atoms with E-state index < -0.39 is 28.9 Å². The lowest BCUT2D eigenvalue weighted by Gasteiger charge is -2.34. The number of carbonyl (C=O) groups excluding carboxylic acids is 1. The van der Waals surface area contributed by atoms with Gasteiger partial charge in [-0.15, -0.1) is 0 Å². The van der Waals surface area contributed by atoms with Gasteiger partial charge in [0.2, 0.25) is 0 Å². The number of halogens is 2. The molecule has 3 aromatic rings. The molecule has 166 valence electrons. The molecule has 0 saturated carbocycles. The normalized spacial score (nSPS) is 14.9. The molecule has 32 heavy (non-hydrogen) atoms. The largest absolute Gasteiger partial charge is 0.444 e. The second-order valence-corrected chi connectivity index (χ2v) is 7.20. The number of fused-ring (bicyclic) bond motifs is 1. The second-order valence-electron chi connectivity index (χ2n) is 7.20. The van der Waals surface area contributed by atoms with Crippen molar-refractivity contribution in [1.82, 2.24) is 4.98 Å². The Kier molecular flexibility index (Phi) is 5.80. The fourth-order valence-corrected chi connectivity index (χ4v) is 3.46. The molecule has 6 nitrogen and oxygen atoms in total. The molecule has 5 rings (SSSR count). The first kappa shape index (κ1) is 21.7. The van der Waals surface area contributed by atoms with E-state index >= 15 is 0 Å². The number of hydrogen-bond acceptors (Lipinski definition) is 5. The van der Waals surface area contributed by atoms with Crippen molar-refractivity contribution in [3.05, 3.63) is 71.4 Å². The molecular formula is C24H22F2N2O4. The van der Waals surface area contributed by atoms with E-state index in [-0.39, 0.29) is 5.82 Å². The summed E-state index contributed by atoms with van der Waals surface area (Å²) in [6.45, 7) is 6.71. The van der Waals surface area contributed by atoms with E-state index in [0.717, 1.165) is 28.8 Å². The van der Waals surface area contributed by atoms with Crippen LogP contribution in [0.3, 0.4) is 0 Å². The number of carbonyl (C=O) groups is 1. The van der Waals surface area contributed by atoms with Crippen LogP contribution in [0.4, 0.5) is 14.6 Å². The van der Waals surface area contributed by atoms with Gasteiger partial charge in [-0.25, -0.2) is 13.8 Å². The Balaban J connectivity index is 0.00000119. The predicted octanol–water partition coefficient (Wildman–Crippen LogP) is 5.11. The average Bonchev–Trinajstić information content (AvgIpc) is 3.14. The number of rotatable bonds is 3. The number of ether oxygens (including phenoxy) is 3. The molecule has 1 fully saturated rings.